The summed E-state index contributed by atoms with van der Waals surface area (Å²) in [5, 5.41) is 71.0. The van der Waals surface area contributed by atoms with Crippen LogP contribution in [0.1, 0.15) is 25.7 Å². The fourth-order valence-corrected chi connectivity index (χ4v) is 2.64. The number of hydrogen-bond acceptors (Lipinski definition) is 16. The second-order valence-electron chi connectivity index (χ2n) is 9.36. The molecule has 0 aromatic carbocycles. The van der Waals surface area contributed by atoms with Gasteiger partial charge in [-0.1, -0.05) is 0 Å². The Bertz CT molecular complexity index is 490. The van der Waals surface area contributed by atoms with Gasteiger partial charge in [-0.15, -0.1) is 0 Å². The van der Waals surface area contributed by atoms with Gasteiger partial charge in [-0.25, -0.2) is 28.4 Å². The number of aliphatic hydroxyl groups excluding tert-OH is 8. The number of aliphatic hydroxyl groups is 8. The first-order valence-corrected chi connectivity index (χ1v) is 14.2. The van der Waals surface area contributed by atoms with E-state index in [1.54, 1.807) is 0 Å². The smallest absolute Gasteiger partial charge is 0.100 e. The molecule has 0 fully saturated rings. The van der Waals surface area contributed by atoms with E-state index in [1.165, 1.54) is 0 Å². The third-order valence-corrected chi connectivity index (χ3v) is 4.92. The molecule has 18 heteroatoms. The van der Waals surface area contributed by atoms with Gasteiger partial charge in [-0.2, -0.15) is 0 Å². The number of hydrogen-bond donors (Lipinski definition) is 8. The third-order valence-electron chi connectivity index (χ3n) is 4.92. The van der Waals surface area contributed by atoms with Crippen molar-refractivity contribution in [3.8, 4) is 0 Å². The maximum Gasteiger partial charge on any atom is 0.100 e. The topological polar surface area (TPSA) is 236 Å². The van der Waals surface area contributed by atoms with Gasteiger partial charge in [0.05, 0.1) is 64.1 Å². The van der Waals surface area contributed by atoms with Gasteiger partial charge in [-0.05, 0) is 25.7 Å². The molecule has 0 aliphatic rings. The van der Waals surface area contributed by atoms with Crippen LogP contribution >= 0.6 is 0 Å². The summed E-state index contributed by atoms with van der Waals surface area (Å²) >= 11 is 0. The zero-order valence-electron chi connectivity index (χ0n) is 27.3. The van der Waals surface area contributed by atoms with Crippen LogP contribution < -0.4 is 0 Å². The van der Waals surface area contributed by atoms with Crippen LogP contribution in [-0.4, -0.2) is 170 Å². The molecule has 8 N–H and O–H groups in total. The molecule has 0 saturated heterocycles. The fraction of sp³-hybridized carbons (Fsp3) is 0.857. The summed E-state index contributed by atoms with van der Waals surface area (Å²) in [4.78, 5) is 0. The van der Waals surface area contributed by atoms with Gasteiger partial charge in [-0.3, -0.25) is 0 Å². The van der Waals surface area contributed by atoms with Crippen molar-refractivity contribution in [3.05, 3.63) is 28.4 Å². The first-order valence-electron chi connectivity index (χ1n) is 14.2. The van der Waals surface area contributed by atoms with E-state index in [0.717, 1.165) is 12.8 Å². The predicted octanol–water partition coefficient (Wildman–Crippen LogP) is -2.03. The molecule has 6 atom stereocenters. The largest absolute Gasteiger partial charge is 0.553 e. The molecule has 0 radical (unpaired) electrons. The molecule has 0 rings (SSSR count). The van der Waals surface area contributed by atoms with E-state index >= 15 is 0 Å². The molecular formula is C28H58O16Rf2-4. The molecule has 0 aliphatic carbocycles. The molecule has 274 valence electrons. The second-order valence-corrected chi connectivity index (χ2v) is 9.36. The van der Waals surface area contributed by atoms with Crippen molar-refractivity contribution in [2.24, 2.45) is 0 Å². The zero-order chi connectivity index (χ0) is 33.8. The minimum absolute atomic E-state index is 0. The zero-order valence-corrected chi connectivity index (χ0v) is 40.1. The Morgan fingerprint density at radius 1 is 0.370 bits per heavy atom. The van der Waals surface area contributed by atoms with Crippen LogP contribution in [0.4, 0.5) is 0 Å². The van der Waals surface area contributed by atoms with Crippen molar-refractivity contribution in [2.45, 2.75) is 62.3 Å². The van der Waals surface area contributed by atoms with Crippen molar-refractivity contribution < 1.29 is 78.7 Å². The quantitative estimate of drug-likeness (QED) is 0.0298. The van der Waals surface area contributed by atoms with E-state index in [0.29, 0.717) is 39.3 Å². The number of unbranched alkanes of at least 4 members (excludes halogenated alkanes) is 1. The minimum atomic E-state index is -0.891. The molecule has 0 aromatic heterocycles. The summed E-state index contributed by atoms with van der Waals surface area (Å²) in [6.45, 7) is 2.44. The van der Waals surface area contributed by atoms with Gasteiger partial charge in [0.1, 0.15) is 12.2 Å². The van der Waals surface area contributed by atoms with E-state index in [-0.39, 0.29) is 66.1 Å². The second kappa shape index (κ2) is 42.4. The molecule has 6 unspecified atom stereocenters. The van der Waals surface area contributed by atoms with Crippen LogP contribution in [0.5, 0.6) is 0 Å². The van der Waals surface area contributed by atoms with Crippen molar-refractivity contribution in [2.75, 3.05) is 92.5 Å². The van der Waals surface area contributed by atoms with E-state index in [4.69, 9.17) is 49.6 Å². The van der Waals surface area contributed by atoms with Crippen LogP contribution in [-0.2, 0) is 37.9 Å². The van der Waals surface area contributed by atoms with Crippen molar-refractivity contribution >= 4 is 0 Å². The van der Waals surface area contributed by atoms with Crippen LogP contribution in [0.3, 0.4) is 0 Å². The van der Waals surface area contributed by atoms with Gasteiger partial charge in [0.2, 0.25) is 0 Å². The standard InChI is InChI=1S/C14H28O6.2C7H15O5.2Rf/c1-17-11-13(15)5-9-19-7-3-4-8-20-10-6-14(16)12-18-2;2*1-11-3-7(10)5-12-4-6(9)2-8;;/h13-16H,1-12H2;2*6-10H,1-5H2;;/q-2;2*-1;;. The Labute approximate surface area is 262 Å². The molecule has 0 heterocycles. The van der Waals surface area contributed by atoms with Crippen LogP contribution in [0.15, 0.2) is 0 Å². The summed E-state index contributed by atoms with van der Waals surface area (Å²) in [6, 6.07) is 0. The predicted molar refractivity (Wildman–Crippen MR) is 157 cm³/mol. The molecule has 0 bridgehead atoms. The molecule has 16 nitrogen and oxygen atoms in total. The minimum Gasteiger partial charge on any atom is -0.553 e. The number of ether oxygens (including phenoxy) is 8. The van der Waals surface area contributed by atoms with Crippen molar-refractivity contribution in [1.82, 2.24) is 0 Å². The van der Waals surface area contributed by atoms with Crippen molar-refractivity contribution in [3.63, 3.8) is 0 Å². The number of rotatable bonds is 29. The van der Waals surface area contributed by atoms with Crippen LogP contribution in [0.2, 0.25) is 0 Å². The molecule has 0 amide bonds. The van der Waals surface area contributed by atoms with Crippen LogP contribution in [0, 0.1) is 28.4 Å². The molecule has 0 aliphatic heterocycles. The Kier molecular flexibility index (Phi) is 48.7. The Morgan fingerprint density at radius 3 is 0.935 bits per heavy atom. The van der Waals surface area contributed by atoms with Gasteiger partial charge >= 0.3 is 0 Å². The summed E-state index contributed by atoms with van der Waals surface area (Å²) in [5.41, 5.74) is 0. The summed E-state index contributed by atoms with van der Waals surface area (Å²) in [5.74, 6) is 0. The van der Waals surface area contributed by atoms with Gasteiger partial charge in [0.15, 0.2) is 0 Å². The first-order chi connectivity index (χ1) is 21.1. The molecule has 46 heavy (non-hydrogen) atoms. The first kappa shape index (κ1) is 52.9. The Hall–Kier alpha value is -2.64. The van der Waals surface area contributed by atoms with E-state index in [2.05, 4.69) is 47.4 Å². The Morgan fingerprint density at radius 2 is 0.652 bits per heavy atom. The molecule has 0 spiro atoms. The SMILES string of the molecule is [CH2-]OCC(O)CCOCCCCOCCC(O)CO[CH2-].[CH2-]OCC(O)COCC(O)CO.[CH2-]OCC(O)COCC(O)CO.[Rf].[Rf]. The van der Waals surface area contributed by atoms with Crippen molar-refractivity contribution in [1.29, 1.82) is 0 Å². The summed E-state index contributed by atoms with van der Waals surface area (Å²) in [7, 11) is 12.6. The Balaban J connectivity index is -0.000000188. The van der Waals surface area contributed by atoms with Gasteiger partial charge < -0.3 is 78.7 Å². The molecule has 0 saturated carbocycles. The fourth-order valence-electron chi connectivity index (χ4n) is 2.64. The average Bonchev–Trinajstić information content (AvgIpc) is 2.99. The van der Waals surface area contributed by atoms with E-state index in [1.807, 2.05) is 0 Å². The van der Waals surface area contributed by atoms with Gasteiger partial charge in [0, 0.05) is 52.9 Å². The molecule has 0 aromatic rings. The summed E-state index contributed by atoms with van der Waals surface area (Å²) < 4.78 is 38.3. The van der Waals surface area contributed by atoms with Crippen LogP contribution in [0.25, 0.3) is 0 Å². The van der Waals surface area contributed by atoms with Gasteiger partial charge in [0.25, 0.3) is 0 Å². The maximum absolute atomic E-state index is 9.33. The van der Waals surface area contributed by atoms with E-state index < -0.39 is 36.6 Å². The maximum atomic E-state index is 9.33. The third kappa shape index (κ3) is 45.8. The average molecular weight is 1180 g/mol. The normalized spacial score (nSPS) is 14.6. The van der Waals surface area contributed by atoms with E-state index in [9.17, 15) is 10.2 Å². The monoisotopic (exact) mass is 1180 g/mol. The molecular weight excluding hydrogens is 1130 g/mol. The summed E-state index contributed by atoms with van der Waals surface area (Å²) in [6.07, 6.45) is -1.36.